The molecule has 0 bridgehead atoms. The lowest BCUT2D eigenvalue weighted by Crippen LogP contribution is -2.35. The molecule has 1 N–H and O–H groups in total. The van der Waals surface area contributed by atoms with Gasteiger partial charge in [0.1, 0.15) is 6.54 Å². The highest BCUT2D eigenvalue weighted by molar-refractivity contribution is 5.86. The van der Waals surface area contributed by atoms with Crippen molar-refractivity contribution in [2.45, 2.75) is 39.9 Å². The van der Waals surface area contributed by atoms with E-state index in [0.29, 0.717) is 6.54 Å². The summed E-state index contributed by atoms with van der Waals surface area (Å²) in [5.74, 6) is 0.140. The zero-order chi connectivity index (χ0) is 15.4. The van der Waals surface area contributed by atoms with Gasteiger partial charge in [-0.25, -0.2) is 0 Å². The van der Waals surface area contributed by atoms with E-state index in [1.807, 2.05) is 33.0 Å². The summed E-state index contributed by atoms with van der Waals surface area (Å²) in [7, 11) is 1.86. The van der Waals surface area contributed by atoms with Crippen molar-refractivity contribution in [3.05, 3.63) is 36.0 Å². The summed E-state index contributed by atoms with van der Waals surface area (Å²) in [6.07, 6.45) is 2.10. The summed E-state index contributed by atoms with van der Waals surface area (Å²) in [6, 6.07) is 8.49. The van der Waals surface area contributed by atoms with Gasteiger partial charge in [-0.1, -0.05) is 25.1 Å². The van der Waals surface area contributed by atoms with Crippen LogP contribution in [0.1, 0.15) is 26.3 Å². The number of carbonyl (C=O) groups is 1. The number of hydrogen-bond donors (Lipinski definition) is 1. The Morgan fingerprint density at radius 3 is 2.71 bits per heavy atom. The normalized spacial score (nSPS) is 11.3. The van der Waals surface area contributed by atoms with Gasteiger partial charge in [0.05, 0.1) is 0 Å². The predicted octanol–water partition coefficient (Wildman–Crippen LogP) is 2.62. The minimum absolute atomic E-state index is 0.140. The number of para-hydroxylation sites is 1. The van der Waals surface area contributed by atoms with E-state index >= 15 is 0 Å². The van der Waals surface area contributed by atoms with Crippen LogP contribution in [0.4, 0.5) is 0 Å². The van der Waals surface area contributed by atoms with Gasteiger partial charge in [-0.05, 0) is 32.0 Å². The average Bonchev–Trinajstić information content (AvgIpc) is 2.82. The van der Waals surface area contributed by atoms with Crippen molar-refractivity contribution in [1.29, 1.82) is 0 Å². The lowest BCUT2D eigenvalue weighted by atomic mass is 10.2. The number of nitrogens with one attached hydrogen (secondary N) is 1. The molecule has 0 aliphatic carbocycles. The molecule has 2 aromatic rings. The Kier molecular flexibility index (Phi) is 5.02. The average molecular weight is 287 g/mol. The zero-order valence-electron chi connectivity index (χ0n) is 13.4. The number of hydrogen-bond acceptors (Lipinski definition) is 2. The van der Waals surface area contributed by atoms with Crippen LogP contribution in [-0.2, 0) is 17.9 Å². The Labute approximate surface area is 126 Å². The molecular weight excluding hydrogens is 262 g/mol. The van der Waals surface area contributed by atoms with E-state index in [9.17, 15) is 4.79 Å². The van der Waals surface area contributed by atoms with Crippen molar-refractivity contribution >= 4 is 16.8 Å². The standard InChI is InChI=1S/C17H25N3O/c1-5-18-10-14-11-20(12-17(21)19(4)13(2)3)16-9-7-6-8-15(14)16/h6-9,11,13,18H,5,10,12H2,1-4H3. The molecule has 4 heteroatoms. The van der Waals surface area contributed by atoms with Crippen LogP contribution in [0.5, 0.6) is 0 Å². The Morgan fingerprint density at radius 1 is 1.33 bits per heavy atom. The molecule has 0 aliphatic heterocycles. The number of fused-ring (bicyclic) bond motifs is 1. The third-order valence-corrected chi connectivity index (χ3v) is 3.91. The van der Waals surface area contributed by atoms with Crippen LogP contribution in [0.25, 0.3) is 10.9 Å². The summed E-state index contributed by atoms with van der Waals surface area (Å²) in [5, 5.41) is 4.58. The maximum absolute atomic E-state index is 12.3. The van der Waals surface area contributed by atoms with Gasteiger partial charge >= 0.3 is 0 Å². The Morgan fingerprint density at radius 2 is 2.05 bits per heavy atom. The van der Waals surface area contributed by atoms with Crippen LogP contribution in [-0.4, -0.2) is 35.0 Å². The molecule has 0 atom stereocenters. The van der Waals surface area contributed by atoms with Gasteiger partial charge in [0.25, 0.3) is 0 Å². The smallest absolute Gasteiger partial charge is 0.242 e. The molecule has 0 saturated carbocycles. The summed E-state index contributed by atoms with van der Waals surface area (Å²) in [6.45, 7) is 8.32. The lowest BCUT2D eigenvalue weighted by molar-refractivity contribution is -0.131. The van der Waals surface area contributed by atoms with Gasteiger partial charge in [-0.2, -0.15) is 0 Å². The van der Waals surface area contributed by atoms with Gasteiger partial charge in [0.15, 0.2) is 0 Å². The molecule has 1 heterocycles. The molecule has 2 rings (SSSR count). The number of nitrogens with zero attached hydrogens (tertiary/aromatic N) is 2. The van der Waals surface area contributed by atoms with Crippen LogP contribution < -0.4 is 5.32 Å². The minimum Gasteiger partial charge on any atom is -0.342 e. The molecule has 0 spiro atoms. The van der Waals surface area contributed by atoms with Gasteiger partial charge in [-0.15, -0.1) is 0 Å². The number of rotatable bonds is 6. The van der Waals surface area contributed by atoms with Crippen molar-refractivity contribution in [3.8, 4) is 0 Å². The molecule has 21 heavy (non-hydrogen) atoms. The summed E-state index contributed by atoms with van der Waals surface area (Å²) in [5.41, 5.74) is 2.36. The largest absolute Gasteiger partial charge is 0.342 e. The topological polar surface area (TPSA) is 37.3 Å². The number of aromatic nitrogens is 1. The van der Waals surface area contributed by atoms with E-state index in [2.05, 4.69) is 35.1 Å². The van der Waals surface area contributed by atoms with E-state index in [-0.39, 0.29) is 11.9 Å². The number of benzene rings is 1. The zero-order valence-corrected chi connectivity index (χ0v) is 13.4. The molecule has 1 aromatic carbocycles. The fourth-order valence-corrected chi connectivity index (χ4v) is 2.40. The van der Waals surface area contributed by atoms with Crippen LogP contribution in [0.15, 0.2) is 30.5 Å². The molecule has 0 fully saturated rings. The number of amides is 1. The lowest BCUT2D eigenvalue weighted by Gasteiger charge is -2.21. The van der Waals surface area contributed by atoms with Crippen molar-refractivity contribution in [3.63, 3.8) is 0 Å². The Bertz CT molecular complexity index is 616. The molecule has 1 amide bonds. The Balaban J connectivity index is 2.29. The highest BCUT2D eigenvalue weighted by atomic mass is 16.2. The van der Waals surface area contributed by atoms with Gasteiger partial charge in [-0.3, -0.25) is 4.79 Å². The number of carbonyl (C=O) groups excluding carboxylic acids is 1. The second kappa shape index (κ2) is 6.76. The van der Waals surface area contributed by atoms with Crippen LogP contribution >= 0.6 is 0 Å². The second-order valence-electron chi connectivity index (χ2n) is 5.68. The van der Waals surface area contributed by atoms with Gasteiger partial charge in [0, 0.05) is 36.7 Å². The molecule has 1 aromatic heterocycles. The van der Waals surface area contributed by atoms with Gasteiger partial charge in [0.2, 0.25) is 5.91 Å². The van der Waals surface area contributed by atoms with Crippen molar-refractivity contribution in [1.82, 2.24) is 14.8 Å². The van der Waals surface area contributed by atoms with Crippen molar-refractivity contribution in [2.24, 2.45) is 0 Å². The van der Waals surface area contributed by atoms with Crippen molar-refractivity contribution in [2.75, 3.05) is 13.6 Å². The molecule has 114 valence electrons. The summed E-state index contributed by atoms with van der Waals surface area (Å²) >= 11 is 0. The first kappa shape index (κ1) is 15.6. The third-order valence-electron chi connectivity index (χ3n) is 3.91. The first-order valence-corrected chi connectivity index (χ1v) is 7.57. The summed E-state index contributed by atoms with van der Waals surface area (Å²) < 4.78 is 2.06. The molecule has 4 nitrogen and oxygen atoms in total. The van der Waals surface area contributed by atoms with E-state index in [1.54, 1.807) is 4.90 Å². The molecular formula is C17H25N3O. The predicted molar refractivity (Wildman–Crippen MR) is 87.2 cm³/mol. The van der Waals surface area contributed by atoms with E-state index < -0.39 is 0 Å². The highest BCUT2D eigenvalue weighted by Crippen LogP contribution is 2.21. The minimum atomic E-state index is 0.140. The van der Waals surface area contributed by atoms with Crippen LogP contribution in [0.2, 0.25) is 0 Å². The molecule has 0 saturated heterocycles. The van der Waals surface area contributed by atoms with Crippen LogP contribution in [0.3, 0.4) is 0 Å². The first-order valence-electron chi connectivity index (χ1n) is 7.57. The quantitative estimate of drug-likeness (QED) is 0.887. The molecule has 0 radical (unpaired) electrons. The molecule has 0 aliphatic rings. The maximum Gasteiger partial charge on any atom is 0.242 e. The van der Waals surface area contributed by atoms with E-state index in [0.717, 1.165) is 18.6 Å². The van der Waals surface area contributed by atoms with E-state index in [4.69, 9.17) is 0 Å². The maximum atomic E-state index is 12.3. The SMILES string of the molecule is CCNCc1cn(CC(=O)N(C)C(C)C)c2ccccc12. The fraction of sp³-hybridized carbons (Fsp3) is 0.471. The van der Waals surface area contributed by atoms with E-state index in [1.165, 1.54) is 10.9 Å². The summed E-state index contributed by atoms with van der Waals surface area (Å²) in [4.78, 5) is 14.1. The Hall–Kier alpha value is -1.81. The number of likely N-dealkylation sites (N-methyl/N-ethyl adjacent to an activating group) is 1. The second-order valence-corrected chi connectivity index (χ2v) is 5.68. The molecule has 0 unspecified atom stereocenters. The van der Waals surface area contributed by atoms with Gasteiger partial charge < -0.3 is 14.8 Å². The van der Waals surface area contributed by atoms with Crippen LogP contribution in [0, 0.1) is 0 Å². The monoisotopic (exact) mass is 287 g/mol. The highest BCUT2D eigenvalue weighted by Gasteiger charge is 2.15. The third kappa shape index (κ3) is 3.45. The van der Waals surface area contributed by atoms with Crippen molar-refractivity contribution < 1.29 is 4.79 Å². The first-order chi connectivity index (χ1) is 10.0. The fourth-order valence-electron chi connectivity index (χ4n) is 2.40.